The minimum atomic E-state index is -0.618. The van der Waals surface area contributed by atoms with Gasteiger partial charge >= 0.3 is 0 Å². The Morgan fingerprint density at radius 2 is 1.04 bits per heavy atom. The van der Waals surface area contributed by atoms with E-state index in [9.17, 15) is 15.0 Å². The van der Waals surface area contributed by atoms with Crippen molar-refractivity contribution in [3.63, 3.8) is 0 Å². The summed E-state index contributed by atoms with van der Waals surface area (Å²) in [5.41, 5.74) is 9.41. The number of aromatic nitrogens is 4. The molecule has 0 saturated heterocycles. The zero-order chi connectivity index (χ0) is 35.5. The van der Waals surface area contributed by atoms with Crippen molar-refractivity contribution in [1.29, 1.82) is 0 Å². The Morgan fingerprint density at radius 1 is 0.660 bits per heavy atom. The fourth-order valence-corrected chi connectivity index (χ4v) is 6.46. The van der Waals surface area contributed by atoms with E-state index >= 15 is 0 Å². The van der Waals surface area contributed by atoms with Gasteiger partial charge in [0, 0.05) is 79.7 Å². The Morgan fingerprint density at radius 3 is 1.42 bits per heavy atom. The van der Waals surface area contributed by atoms with Gasteiger partial charge in [0.25, 0.3) is 0 Å². The number of hydrogen-bond donors (Lipinski definition) is 6. The molecular formula is C39H38Cl2N6O3. The lowest BCUT2D eigenvalue weighted by molar-refractivity contribution is -0.121. The molecule has 2 atom stereocenters. The molecule has 0 aliphatic carbocycles. The van der Waals surface area contributed by atoms with E-state index in [1.165, 1.54) is 0 Å². The molecule has 0 aliphatic heterocycles. The number of carbonyl (C=O) groups excluding carboxylic acids is 1. The first-order valence-electron chi connectivity index (χ1n) is 16.3. The summed E-state index contributed by atoms with van der Waals surface area (Å²) in [6, 6.07) is 22.4. The van der Waals surface area contributed by atoms with Gasteiger partial charge in [0.1, 0.15) is 17.3 Å². The van der Waals surface area contributed by atoms with Crippen molar-refractivity contribution >= 4 is 40.4 Å². The second-order valence-corrected chi connectivity index (χ2v) is 13.3. The first kappa shape index (κ1) is 34.6. The van der Waals surface area contributed by atoms with Crippen LogP contribution in [0.4, 0.5) is 11.4 Å². The first-order chi connectivity index (χ1) is 24.0. The molecule has 6 rings (SSSR count). The van der Waals surface area contributed by atoms with Crippen LogP contribution in [0.3, 0.4) is 0 Å². The number of nitrogens with one attached hydrogen (secondary N) is 4. The highest BCUT2D eigenvalue weighted by molar-refractivity contribution is 6.30. The van der Waals surface area contributed by atoms with E-state index in [4.69, 9.17) is 23.2 Å². The van der Waals surface area contributed by atoms with Crippen molar-refractivity contribution in [3.8, 4) is 34.0 Å². The van der Waals surface area contributed by atoms with Gasteiger partial charge in [-0.25, -0.2) is 0 Å². The molecule has 0 saturated carbocycles. The van der Waals surface area contributed by atoms with Crippen LogP contribution in [0.25, 0.3) is 22.5 Å². The number of benzene rings is 4. The SMILES string of the molecule is Cc1c(NCc2cn[nH]c2-c2ccc(Cl)cc2)ccc(C(C)C(=O)C(C)c2ccc(NCc3cn[nH]c3-c3ccc(Cl)cc3)c(C)c2O)c1O. The molecule has 0 spiro atoms. The van der Waals surface area contributed by atoms with Gasteiger partial charge in [-0.2, -0.15) is 10.2 Å². The third kappa shape index (κ3) is 7.06. The number of hydrogen-bond acceptors (Lipinski definition) is 7. The molecular weight excluding hydrogens is 671 g/mol. The highest BCUT2D eigenvalue weighted by Gasteiger charge is 2.28. The third-order valence-corrected chi connectivity index (χ3v) is 9.86. The van der Waals surface area contributed by atoms with E-state index in [1.54, 1.807) is 38.4 Å². The standard InChI is InChI=1S/C39H38Cl2N6O3/c1-21(31-13-15-33(23(3)38(31)49)42-17-27-19-44-46-35(27)25-5-9-29(40)10-6-25)37(48)22(2)32-14-16-34(24(4)39(32)50)43-18-28-20-45-47-36(28)26-7-11-30(41)12-8-26/h5-16,19-22,42-43,49-50H,17-18H2,1-4H3,(H,44,46)(H,45,47). The molecule has 0 radical (unpaired) electrons. The van der Waals surface area contributed by atoms with E-state index in [0.717, 1.165) is 45.0 Å². The second-order valence-electron chi connectivity index (χ2n) is 12.5. The molecule has 4 aromatic carbocycles. The number of aromatic amines is 2. The van der Waals surface area contributed by atoms with Gasteiger partial charge < -0.3 is 20.8 Å². The molecule has 0 amide bonds. The van der Waals surface area contributed by atoms with Gasteiger partial charge in [-0.05, 0) is 61.4 Å². The Labute approximate surface area is 300 Å². The summed E-state index contributed by atoms with van der Waals surface area (Å²) in [6.45, 7) is 8.14. The number of carbonyl (C=O) groups is 1. The number of halogens is 2. The average Bonchev–Trinajstić information content (AvgIpc) is 3.79. The molecule has 0 bridgehead atoms. The third-order valence-electron chi connectivity index (χ3n) is 9.35. The topological polar surface area (TPSA) is 139 Å². The lowest BCUT2D eigenvalue weighted by Crippen LogP contribution is -2.17. The van der Waals surface area contributed by atoms with Crippen LogP contribution >= 0.6 is 23.2 Å². The minimum Gasteiger partial charge on any atom is -0.507 e. The van der Waals surface area contributed by atoms with Gasteiger partial charge in [0.15, 0.2) is 0 Å². The van der Waals surface area contributed by atoms with Crippen molar-refractivity contribution in [2.24, 2.45) is 0 Å². The van der Waals surface area contributed by atoms with Crippen LogP contribution in [-0.4, -0.2) is 36.4 Å². The zero-order valence-electron chi connectivity index (χ0n) is 28.1. The Kier molecular flexibility index (Phi) is 10.2. The number of rotatable bonds is 12. The smallest absolute Gasteiger partial charge is 0.147 e. The fourth-order valence-electron chi connectivity index (χ4n) is 6.21. The predicted molar refractivity (Wildman–Crippen MR) is 200 cm³/mol. The summed E-state index contributed by atoms with van der Waals surface area (Å²) in [4.78, 5) is 13.8. The Hall–Kier alpha value is -5.25. The normalized spacial score (nSPS) is 12.4. The predicted octanol–water partition coefficient (Wildman–Crippen LogP) is 9.50. The van der Waals surface area contributed by atoms with Crippen molar-refractivity contribution in [3.05, 3.63) is 129 Å². The van der Waals surface area contributed by atoms with Gasteiger partial charge in [0.2, 0.25) is 0 Å². The maximum atomic E-state index is 13.8. The van der Waals surface area contributed by atoms with E-state index in [-0.39, 0.29) is 17.3 Å². The number of Topliss-reactive ketones (excluding diaryl/α,β-unsaturated/α-hetero) is 1. The van der Waals surface area contributed by atoms with Crippen LogP contribution in [-0.2, 0) is 17.9 Å². The lowest BCUT2D eigenvalue weighted by Gasteiger charge is -2.22. The van der Waals surface area contributed by atoms with E-state index < -0.39 is 11.8 Å². The molecule has 0 aliphatic rings. The zero-order valence-corrected chi connectivity index (χ0v) is 29.6. The number of nitrogens with zero attached hydrogens (tertiary/aromatic N) is 2. The number of phenolic OH excluding ortho intramolecular Hbond substituents is 2. The molecule has 256 valence electrons. The van der Waals surface area contributed by atoms with Crippen molar-refractivity contribution < 1.29 is 15.0 Å². The van der Waals surface area contributed by atoms with Crippen molar-refractivity contribution in [1.82, 2.24) is 20.4 Å². The molecule has 2 aromatic heterocycles. The molecule has 6 aromatic rings. The van der Waals surface area contributed by atoms with Crippen LogP contribution in [0.15, 0.2) is 85.2 Å². The molecule has 6 N–H and O–H groups in total. The van der Waals surface area contributed by atoms with Crippen molar-refractivity contribution in [2.75, 3.05) is 10.6 Å². The largest absolute Gasteiger partial charge is 0.507 e. The summed E-state index contributed by atoms with van der Waals surface area (Å²) < 4.78 is 0. The Bertz CT molecular complexity index is 1990. The average molecular weight is 710 g/mol. The number of ketones is 1. The van der Waals surface area contributed by atoms with Gasteiger partial charge in [-0.1, -0.05) is 73.4 Å². The van der Waals surface area contributed by atoms with Crippen LogP contribution in [0.1, 0.15) is 59.1 Å². The van der Waals surface area contributed by atoms with Gasteiger partial charge in [0.05, 0.1) is 23.8 Å². The monoisotopic (exact) mass is 708 g/mol. The number of anilines is 2. The first-order valence-corrected chi connectivity index (χ1v) is 17.0. The highest BCUT2D eigenvalue weighted by atomic mass is 35.5. The maximum Gasteiger partial charge on any atom is 0.147 e. The Balaban J connectivity index is 1.12. The summed E-state index contributed by atoms with van der Waals surface area (Å²) in [7, 11) is 0. The van der Waals surface area contributed by atoms with Crippen LogP contribution in [0.5, 0.6) is 11.5 Å². The molecule has 2 heterocycles. The van der Waals surface area contributed by atoms with Crippen molar-refractivity contribution in [2.45, 2.75) is 52.6 Å². The van der Waals surface area contributed by atoms with E-state index in [0.29, 0.717) is 45.4 Å². The van der Waals surface area contributed by atoms with Gasteiger partial charge in [-0.3, -0.25) is 15.0 Å². The lowest BCUT2D eigenvalue weighted by atomic mass is 9.84. The summed E-state index contributed by atoms with van der Waals surface area (Å²) in [5, 5.41) is 45.1. The summed E-state index contributed by atoms with van der Waals surface area (Å²) >= 11 is 12.1. The molecule has 9 nitrogen and oxygen atoms in total. The summed E-state index contributed by atoms with van der Waals surface area (Å²) in [5.74, 6) is -1.23. The molecule has 11 heteroatoms. The fraction of sp³-hybridized carbons (Fsp3) is 0.205. The minimum absolute atomic E-state index is 0.0605. The maximum absolute atomic E-state index is 13.8. The van der Waals surface area contributed by atoms with Crippen LogP contribution < -0.4 is 10.6 Å². The van der Waals surface area contributed by atoms with E-state index in [1.807, 2.05) is 74.5 Å². The van der Waals surface area contributed by atoms with E-state index in [2.05, 4.69) is 31.0 Å². The van der Waals surface area contributed by atoms with Crippen LogP contribution in [0.2, 0.25) is 10.0 Å². The van der Waals surface area contributed by atoms with Gasteiger partial charge in [-0.15, -0.1) is 0 Å². The summed E-state index contributed by atoms with van der Waals surface area (Å²) in [6.07, 6.45) is 3.53. The molecule has 0 fully saturated rings. The molecule has 50 heavy (non-hydrogen) atoms. The molecule has 2 unspecified atom stereocenters. The van der Waals surface area contributed by atoms with Crippen LogP contribution in [0, 0.1) is 13.8 Å². The highest BCUT2D eigenvalue weighted by Crippen LogP contribution is 2.40. The number of H-pyrrole nitrogens is 2. The number of aromatic hydroxyl groups is 2. The second kappa shape index (κ2) is 14.7. The number of phenols is 2. The quantitative estimate of drug-likeness (QED) is 0.0744.